The molecule has 0 spiro atoms. The zero-order valence-electron chi connectivity index (χ0n) is 7.84. The van der Waals surface area contributed by atoms with E-state index >= 15 is 0 Å². The molecule has 0 heterocycles. The van der Waals surface area contributed by atoms with Crippen molar-refractivity contribution in [3.05, 3.63) is 12.7 Å². The predicted molar refractivity (Wildman–Crippen MR) is 50.5 cm³/mol. The molecule has 64 valence electrons. The van der Waals surface area contributed by atoms with Gasteiger partial charge in [0.2, 0.25) is 0 Å². The summed E-state index contributed by atoms with van der Waals surface area (Å²) in [6, 6.07) is 0. The van der Waals surface area contributed by atoms with Crippen LogP contribution in [0.15, 0.2) is 12.7 Å². The molecule has 0 nitrogen and oxygen atoms in total. The van der Waals surface area contributed by atoms with E-state index in [9.17, 15) is 0 Å². The summed E-state index contributed by atoms with van der Waals surface area (Å²) >= 11 is 0. The zero-order valence-corrected chi connectivity index (χ0v) is 7.84. The van der Waals surface area contributed by atoms with E-state index in [4.69, 9.17) is 0 Å². The smallest absolute Gasteiger partial charge is 0.0233 e. The highest BCUT2D eigenvalue weighted by Crippen LogP contribution is 2.35. The van der Waals surface area contributed by atoms with Gasteiger partial charge < -0.3 is 0 Å². The molecule has 1 rings (SSSR count). The zero-order chi connectivity index (χ0) is 8.27. The molecule has 1 aliphatic rings. The van der Waals surface area contributed by atoms with Crippen LogP contribution in [0.3, 0.4) is 0 Å². The molecule has 0 aromatic heterocycles. The third-order valence-corrected chi connectivity index (χ3v) is 3.26. The van der Waals surface area contributed by atoms with E-state index in [1.165, 1.54) is 25.7 Å². The first-order valence-corrected chi connectivity index (χ1v) is 4.90. The van der Waals surface area contributed by atoms with Gasteiger partial charge in [-0.05, 0) is 37.0 Å². The Morgan fingerprint density at radius 2 is 2.18 bits per heavy atom. The van der Waals surface area contributed by atoms with Crippen molar-refractivity contribution in [2.75, 3.05) is 0 Å². The molecule has 0 aliphatic heterocycles. The third-order valence-electron chi connectivity index (χ3n) is 3.26. The lowest BCUT2D eigenvalue weighted by atomic mass is 9.74. The summed E-state index contributed by atoms with van der Waals surface area (Å²) in [7, 11) is 0. The van der Waals surface area contributed by atoms with E-state index < -0.39 is 0 Å². The maximum absolute atomic E-state index is 3.88. The first-order chi connectivity index (χ1) is 5.27. The van der Waals surface area contributed by atoms with Crippen LogP contribution in [0.5, 0.6) is 0 Å². The van der Waals surface area contributed by atoms with E-state index in [2.05, 4.69) is 26.5 Å². The summed E-state index contributed by atoms with van der Waals surface area (Å²) in [4.78, 5) is 0. The van der Waals surface area contributed by atoms with Gasteiger partial charge in [0.1, 0.15) is 0 Å². The third kappa shape index (κ3) is 2.08. The minimum absolute atomic E-state index is 0.816. The van der Waals surface area contributed by atoms with E-state index in [0.717, 1.165) is 17.8 Å². The maximum atomic E-state index is 3.88. The van der Waals surface area contributed by atoms with Gasteiger partial charge in [0.15, 0.2) is 0 Å². The average molecular weight is 152 g/mol. The molecule has 0 saturated heterocycles. The molecule has 1 aliphatic carbocycles. The average Bonchev–Trinajstić information content (AvgIpc) is 2.05. The van der Waals surface area contributed by atoms with Gasteiger partial charge in [-0.3, -0.25) is 0 Å². The Bertz CT molecular complexity index is 126. The lowest BCUT2D eigenvalue weighted by Gasteiger charge is -2.32. The molecule has 3 atom stereocenters. The number of allylic oxidation sites excluding steroid dienone is 1. The highest BCUT2D eigenvalue weighted by atomic mass is 14.3. The molecule has 3 unspecified atom stereocenters. The first kappa shape index (κ1) is 8.83. The van der Waals surface area contributed by atoms with Crippen molar-refractivity contribution < 1.29 is 0 Å². The first-order valence-electron chi connectivity index (χ1n) is 4.90. The van der Waals surface area contributed by atoms with E-state index in [1.54, 1.807) is 0 Å². The highest BCUT2D eigenvalue weighted by Gasteiger charge is 2.24. The minimum atomic E-state index is 0.816. The molecule has 0 bridgehead atoms. The largest absolute Gasteiger partial charge is 0.103 e. The van der Waals surface area contributed by atoms with Crippen molar-refractivity contribution in [1.29, 1.82) is 0 Å². The maximum Gasteiger partial charge on any atom is -0.0233 e. The Labute approximate surface area is 70.7 Å². The van der Waals surface area contributed by atoms with Crippen LogP contribution in [0.25, 0.3) is 0 Å². The molecule has 1 fully saturated rings. The van der Waals surface area contributed by atoms with E-state index in [-0.39, 0.29) is 0 Å². The molecule has 0 aromatic rings. The van der Waals surface area contributed by atoms with Gasteiger partial charge >= 0.3 is 0 Å². The Kier molecular flexibility index (Phi) is 3.16. The fraction of sp³-hybridized carbons (Fsp3) is 0.818. The van der Waals surface area contributed by atoms with Crippen LogP contribution >= 0.6 is 0 Å². The van der Waals surface area contributed by atoms with Crippen LogP contribution in [0.1, 0.15) is 39.5 Å². The summed E-state index contributed by atoms with van der Waals surface area (Å²) in [5.74, 6) is 2.74. The quantitative estimate of drug-likeness (QED) is 0.530. The Morgan fingerprint density at radius 3 is 2.73 bits per heavy atom. The summed E-state index contributed by atoms with van der Waals surface area (Å²) < 4.78 is 0. The van der Waals surface area contributed by atoms with Gasteiger partial charge in [-0.25, -0.2) is 0 Å². The van der Waals surface area contributed by atoms with Crippen molar-refractivity contribution in [3.8, 4) is 0 Å². The topological polar surface area (TPSA) is 0 Å². The lowest BCUT2D eigenvalue weighted by molar-refractivity contribution is 0.213. The minimum Gasteiger partial charge on any atom is -0.103 e. The van der Waals surface area contributed by atoms with Crippen LogP contribution in [-0.4, -0.2) is 0 Å². The van der Waals surface area contributed by atoms with Crippen LogP contribution < -0.4 is 0 Å². The van der Waals surface area contributed by atoms with E-state index in [1.807, 2.05) is 0 Å². The number of hydrogen-bond acceptors (Lipinski definition) is 0. The Balaban J connectivity index is 2.43. The standard InChI is InChI=1S/C11H20/c1-4-10-7-6-9(3)11(5-2)8-10/h4,9-11H,1,5-8H2,2-3H3. The molecule has 0 radical (unpaired) electrons. The number of hydrogen-bond donors (Lipinski definition) is 0. The van der Waals surface area contributed by atoms with Gasteiger partial charge in [-0.15, -0.1) is 6.58 Å². The van der Waals surface area contributed by atoms with Crippen molar-refractivity contribution in [1.82, 2.24) is 0 Å². The highest BCUT2D eigenvalue weighted by molar-refractivity contribution is 4.86. The van der Waals surface area contributed by atoms with Crippen LogP contribution in [0.2, 0.25) is 0 Å². The summed E-state index contributed by atoms with van der Waals surface area (Å²) in [6.45, 7) is 8.59. The molecule has 1 saturated carbocycles. The normalized spacial score (nSPS) is 38.5. The summed E-state index contributed by atoms with van der Waals surface area (Å²) in [5.41, 5.74) is 0. The fourth-order valence-electron chi connectivity index (χ4n) is 2.23. The predicted octanol–water partition coefficient (Wildman–Crippen LogP) is 3.63. The molecule has 0 heteroatoms. The molecule has 0 amide bonds. The van der Waals surface area contributed by atoms with E-state index in [0.29, 0.717) is 0 Å². The molecular formula is C11H20. The lowest BCUT2D eigenvalue weighted by Crippen LogP contribution is -2.21. The van der Waals surface area contributed by atoms with Crippen molar-refractivity contribution in [2.24, 2.45) is 17.8 Å². The van der Waals surface area contributed by atoms with Crippen LogP contribution in [0.4, 0.5) is 0 Å². The molecule has 11 heavy (non-hydrogen) atoms. The number of rotatable bonds is 2. The van der Waals surface area contributed by atoms with Crippen molar-refractivity contribution in [2.45, 2.75) is 39.5 Å². The Hall–Kier alpha value is -0.260. The van der Waals surface area contributed by atoms with Crippen molar-refractivity contribution in [3.63, 3.8) is 0 Å². The van der Waals surface area contributed by atoms with Crippen molar-refractivity contribution >= 4 is 0 Å². The monoisotopic (exact) mass is 152 g/mol. The van der Waals surface area contributed by atoms with Gasteiger partial charge in [0.25, 0.3) is 0 Å². The molecular weight excluding hydrogens is 132 g/mol. The van der Waals surface area contributed by atoms with Gasteiger partial charge in [-0.2, -0.15) is 0 Å². The SMILES string of the molecule is C=CC1CCC(C)C(CC)C1. The summed E-state index contributed by atoms with van der Waals surface area (Å²) in [6.07, 6.45) is 7.68. The second kappa shape index (κ2) is 3.94. The second-order valence-electron chi connectivity index (χ2n) is 3.95. The second-order valence-corrected chi connectivity index (χ2v) is 3.95. The van der Waals surface area contributed by atoms with Gasteiger partial charge in [-0.1, -0.05) is 26.3 Å². The molecule has 0 N–H and O–H groups in total. The Morgan fingerprint density at radius 1 is 1.45 bits per heavy atom. The van der Waals surface area contributed by atoms with Gasteiger partial charge in [0, 0.05) is 0 Å². The van der Waals surface area contributed by atoms with Crippen LogP contribution in [0, 0.1) is 17.8 Å². The summed E-state index contributed by atoms with van der Waals surface area (Å²) in [5, 5.41) is 0. The fourth-order valence-corrected chi connectivity index (χ4v) is 2.23. The van der Waals surface area contributed by atoms with Gasteiger partial charge in [0.05, 0.1) is 0 Å². The van der Waals surface area contributed by atoms with Crippen LogP contribution in [-0.2, 0) is 0 Å². The molecule has 0 aromatic carbocycles.